The number of rotatable bonds is 9. The molecule has 1 aliphatic heterocycles. The van der Waals surface area contributed by atoms with Crippen molar-refractivity contribution in [2.75, 3.05) is 38.6 Å². The van der Waals surface area contributed by atoms with Crippen molar-refractivity contribution >= 4 is 23.8 Å². The molecule has 114 valence electrons. The number of hydrogen-bond donors (Lipinski definition) is 2. The van der Waals surface area contributed by atoms with Gasteiger partial charge in [0.1, 0.15) is 6.04 Å². The van der Waals surface area contributed by atoms with E-state index in [2.05, 4.69) is 14.8 Å². The fraction of sp³-hybridized carbons (Fsp3) is 0.818. The monoisotopic (exact) mass is 305 g/mol. The van der Waals surface area contributed by atoms with Gasteiger partial charge in [0.15, 0.2) is 0 Å². The van der Waals surface area contributed by atoms with Crippen LogP contribution in [0.2, 0.25) is 0 Å². The third kappa shape index (κ3) is 6.83. The first-order valence-corrected chi connectivity index (χ1v) is 7.34. The number of carbonyl (C=O) groups excluding carboxylic acids is 1. The molecule has 1 aliphatic rings. The van der Waals surface area contributed by atoms with Crippen molar-refractivity contribution in [1.29, 1.82) is 0 Å². The molecule has 2 N–H and O–H groups in total. The first-order chi connectivity index (χ1) is 9.63. The molecule has 0 bridgehead atoms. The van der Waals surface area contributed by atoms with E-state index in [4.69, 9.17) is 9.84 Å². The number of carboxylic acids is 1. The summed E-state index contributed by atoms with van der Waals surface area (Å²) in [6, 6.07) is -1.08. The Hall–Kier alpha value is -1.19. The SMILES string of the molecule is O=NSCC(NC(=O)CCCN1CCOCC1)C(=O)O. The van der Waals surface area contributed by atoms with Crippen molar-refractivity contribution < 1.29 is 19.4 Å². The zero-order valence-electron chi connectivity index (χ0n) is 11.1. The van der Waals surface area contributed by atoms with Crippen molar-refractivity contribution in [2.45, 2.75) is 18.9 Å². The number of ether oxygens (including phenoxy) is 1. The van der Waals surface area contributed by atoms with E-state index < -0.39 is 12.0 Å². The average molecular weight is 305 g/mol. The summed E-state index contributed by atoms with van der Waals surface area (Å²) in [5.74, 6) is -1.55. The second-order valence-corrected chi connectivity index (χ2v) is 5.13. The topological polar surface area (TPSA) is 108 Å². The molecule has 0 aromatic carbocycles. The Morgan fingerprint density at radius 3 is 2.70 bits per heavy atom. The molecule has 1 atom stereocenters. The Morgan fingerprint density at radius 2 is 2.10 bits per heavy atom. The zero-order valence-corrected chi connectivity index (χ0v) is 11.9. The Balaban J connectivity index is 2.19. The van der Waals surface area contributed by atoms with E-state index in [1.807, 2.05) is 0 Å². The van der Waals surface area contributed by atoms with E-state index in [1.54, 1.807) is 0 Å². The molecule has 0 aromatic heterocycles. The molecular weight excluding hydrogens is 286 g/mol. The minimum atomic E-state index is -1.16. The van der Waals surface area contributed by atoms with E-state index in [9.17, 15) is 14.5 Å². The largest absolute Gasteiger partial charge is 0.480 e. The fourth-order valence-corrected chi connectivity index (χ4v) is 2.27. The molecule has 8 nitrogen and oxygen atoms in total. The van der Waals surface area contributed by atoms with Crippen molar-refractivity contribution in [3.05, 3.63) is 4.91 Å². The van der Waals surface area contributed by atoms with Gasteiger partial charge in [-0.05, 0) is 13.0 Å². The molecule has 0 spiro atoms. The van der Waals surface area contributed by atoms with E-state index in [0.29, 0.717) is 31.6 Å². The Morgan fingerprint density at radius 1 is 1.40 bits per heavy atom. The van der Waals surface area contributed by atoms with Crippen LogP contribution in [-0.4, -0.2) is 66.5 Å². The van der Waals surface area contributed by atoms with Crippen LogP contribution in [0.5, 0.6) is 0 Å². The zero-order chi connectivity index (χ0) is 14.8. The van der Waals surface area contributed by atoms with Gasteiger partial charge in [0.05, 0.1) is 13.2 Å². The van der Waals surface area contributed by atoms with Crippen LogP contribution in [0.15, 0.2) is 4.58 Å². The minimum Gasteiger partial charge on any atom is -0.480 e. The molecule has 1 rings (SSSR count). The first kappa shape index (κ1) is 16.9. The number of aliphatic carboxylic acids is 1. The maximum Gasteiger partial charge on any atom is 0.327 e. The van der Waals surface area contributed by atoms with Crippen LogP contribution in [0, 0.1) is 4.91 Å². The van der Waals surface area contributed by atoms with Crippen LogP contribution in [0.3, 0.4) is 0 Å². The summed E-state index contributed by atoms with van der Waals surface area (Å²) < 4.78 is 7.74. The molecule has 1 unspecified atom stereocenters. The smallest absolute Gasteiger partial charge is 0.327 e. The van der Waals surface area contributed by atoms with Gasteiger partial charge >= 0.3 is 5.97 Å². The summed E-state index contributed by atoms with van der Waals surface area (Å²) in [6.45, 7) is 3.94. The lowest BCUT2D eigenvalue weighted by molar-refractivity contribution is -0.141. The molecule has 9 heteroatoms. The van der Waals surface area contributed by atoms with Gasteiger partial charge in [-0.3, -0.25) is 9.69 Å². The van der Waals surface area contributed by atoms with Gasteiger partial charge in [-0.25, -0.2) is 4.79 Å². The molecule has 1 amide bonds. The Bertz CT molecular complexity index is 336. The molecule has 0 radical (unpaired) electrons. The predicted octanol–water partition coefficient (Wildman–Crippen LogP) is 0.0828. The summed E-state index contributed by atoms with van der Waals surface area (Å²) in [6.07, 6.45) is 0.928. The van der Waals surface area contributed by atoms with Gasteiger partial charge in [0.2, 0.25) is 5.91 Å². The van der Waals surface area contributed by atoms with Gasteiger partial charge in [-0.2, -0.15) is 0 Å². The van der Waals surface area contributed by atoms with Gasteiger partial charge < -0.3 is 15.2 Å². The minimum absolute atomic E-state index is 0.0615. The van der Waals surface area contributed by atoms with Crippen molar-refractivity contribution in [3.8, 4) is 0 Å². The highest BCUT2D eigenvalue weighted by molar-refractivity contribution is 7.97. The fourth-order valence-electron chi connectivity index (χ4n) is 1.83. The van der Waals surface area contributed by atoms with Crippen molar-refractivity contribution in [2.24, 2.45) is 4.58 Å². The molecule has 1 fully saturated rings. The van der Waals surface area contributed by atoms with Crippen LogP contribution in [0.4, 0.5) is 0 Å². The maximum atomic E-state index is 11.6. The van der Waals surface area contributed by atoms with Crippen molar-refractivity contribution in [3.63, 3.8) is 0 Å². The summed E-state index contributed by atoms with van der Waals surface area (Å²) in [4.78, 5) is 34.7. The standard InChI is InChI=1S/C11H19N3O5S/c15-10(12-9(11(16)17)8-20-13-18)2-1-3-14-4-6-19-7-5-14/h9H,1-8H2,(H,12,15)(H,16,17). The number of hydrogen-bond acceptors (Lipinski definition) is 7. The molecule has 20 heavy (non-hydrogen) atoms. The van der Waals surface area contributed by atoms with Gasteiger partial charge in [-0.1, -0.05) is 0 Å². The normalized spacial score (nSPS) is 17.4. The van der Waals surface area contributed by atoms with Crippen LogP contribution in [0.1, 0.15) is 12.8 Å². The average Bonchev–Trinajstić information content (AvgIpc) is 2.44. The van der Waals surface area contributed by atoms with E-state index >= 15 is 0 Å². The molecule has 1 saturated heterocycles. The van der Waals surface area contributed by atoms with Gasteiger partial charge in [-0.15, -0.1) is 4.91 Å². The highest BCUT2D eigenvalue weighted by Gasteiger charge is 2.20. The lowest BCUT2D eigenvalue weighted by Gasteiger charge is -2.26. The highest BCUT2D eigenvalue weighted by atomic mass is 32.2. The van der Waals surface area contributed by atoms with Crippen LogP contribution in [-0.2, 0) is 14.3 Å². The summed E-state index contributed by atoms with van der Waals surface area (Å²) in [5.41, 5.74) is 0. The number of amides is 1. The number of carbonyl (C=O) groups is 2. The summed E-state index contributed by atoms with van der Waals surface area (Å²) in [7, 11) is 0. The van der Waals surface area contributed by atoms with E-state index in [0.717, 1.165) is 19.6 Å². The second kappa shape index (κ2) is 9.67. The lowest BCUT2D eigenvalue weighted by atomic mass is 10.2. The molecule has 0 saturated carbocycles. The third-order valence-corrected chi connectivity index (χ3v) is 3.50. The summed E-state index contributed by atoms with van der Waals surface area (Å²) in [5, 5.41) is 11.3. The molecule has 0 aliphatic carbocycles. The van der Waals surface area contributed by atoms with Crippen LogP contribution >= 0.6 is 11.9 Å². The third-order valence-electron chi connectivity index (χ3n) is 2.91. The molecular formula is C11H19N3O5S. The molecule has 0 aromatic rings. The van der Waals surface area contributed by atoms with E-state index in [1.165, 1.54) is 0 Å². The van der Waals surface area contributed by atoms with E-state index in [-0.39, 0.29) is 18.1 Å². The highest BCUT2D eigenvalue weighted by Crippen LogP contribution is 2.05. The molecule has 1 heterocycles. The van der Waals surface area contributed by atoms with Crippen LogP contribution < -0.4 is 5.32 Å². The Labute approximate surface area is 121 Å². The van der Waals surface area contributed by atoms with Gasteiger partial charge in [0, 0.05) is 41.8 Å². The quantitative estimate of drug-likeness (QED) is 0.459. The second-order valence-electron chi connectivity index (χ2n) is 4.39. The van der Waals surface area contributed by atoms with Crippen LogP contribution in [0.25, 0.3) is 0 Å². The number of nitrogens with zero attached hydrogens (tertiary/aromatic N) is 2. The number of nitrogens with one attached hydrogen (secondary N) is 1. The number of carboxylic acid groups (broad SMARTS) is 1. The van der Waals surface area contributed by atoms with Crippen molar-refractivity contribution in [1.82, 2.24) is 10.2 Å². The Kier molecular flexibility index (Phi) is 8.16. The number of nitroso groups, excluding NO2 is 1. The van der Waals surface area contributed by atoms with Gasteiger partial charge in [0.25, 0.3) is 0 Å². The predicted molar refractivity (Wildman–Crippen MR) is 74.3 cm³/mol. The first-order valence-electron chi connectivity index (χ1n) is 6.40. The maximum absolute atomic E-state index is 11.6. The number of morpholine rings is 1. The lowest BCUT2D eigenvalue weighted by Crippen LogP contribution is -2.43. The summed E-state index contributed by atoms with van der Waals surface area (Å²) >= 11 is 0.585.